The molecule has 20 heavy (non-hydrogen) atoms. The molecule has 1 fully saturated rings. The van der Waals surface area contributed by atoms with Gasteiger partial charge in [-0.1, -0.05) is 12.1 Å². The highest BCUT2D eigenvalue weighted by Gasteiger charge is 2.20. The second kappa shape index (κ2) is 7.12. The second-order valence-corrected chi connectivity index (χ2v) is 5.64. The predicted molar refractivity (Wildman–Crippen MR) is 79.6 cm³/mol. The maximum Gasteiger partial charge on any atom is 0.283 e. The van der Waals surface area contributed by atoms with Crippen LogP contribution in [-0.4, -0.2) is 59.2 Å². The zero-order valence-electron chi connectivity index (χ0n) is 11.2. The van der Waals surface area contributed by atoms with E-state index in [4.69, 9.17) is 5.11 Å². The average molecular weight is 344 g/mol. The Hall–Kier alpha value is -1.02. The van der Waals surface area contributed by atoms with Gasteiger partial charge in [-0.15, -0.1) is 0 Å². The van der Waals surface area contributed by atoms with Crippen LogP contribution in [0.2, 0.25) is 0 Å². The monoisotopic (exact) mass is 343 g/mol. The van der Waals surface area contributed by atoms with Crippen LogP contribution < -0.4 is 0 Å². The normalized spacial score (nSPS) is 17.3. The molecule has 110 valence electrons. The van der Waals surface area contributed by atoms with Gasteiger partial charge in [0, 0.05) is 45.3 Å². The van der Waals surface area contributed by atoms with Gasteiger partial charge in [0.1, 0.15) is 0 Å². The molecule has 1 aliphatic heterocycles. The SMILES string of the molecule is O=[N+]([O-])c1cccc(CN2CCN(CCO)CC2)c1Br. The van der Waals surface area contributed by atoms with Gasteiger partial charge in [0.15, 0.2) is 0 Å². The molecule has 1 saturated heterocycles. The number of piperazine rings is 1. The van der Waals surface area contributed by atoms with Gasteiger partial charge in [-0.2, -0.15) is 0 Å². The fourth-order valence-corrected chi connectivity index (χ4v) is 2.92. The van der Waals surface area contributed by atoms with Gasteiger partial charge in [-0.25, -0.2) is 0 Å². The van der Waals surface area contributed by atoms with E-state index in [9.17, 15) is 10.1 Å². The first kappa shape index (κ1) is 15.4. The summed E-state index contributed by atoms with van der Waals surface area (Å²) in [6, 6.07) is 5.14. The Morgan fingerprint density at radius 2 is 1.90 bits per heavy atom. The van der Waals surface area contributed by atoms with E-state index in [0.717, 1.165) is 31.7 Å². The summed E-state index contributed by atoms with van der Waals surface area (Å²) >= 11 is 3.33. The van der Waals surface area contributed by atoms with E-state index in [1.54, 1.807) is 6.07 Å². The molecule has 2 rings (SSSR count). The zero-order chi connectivity index (χ0) is 14.5. The van der Waals surface area contributed by atoms with Crippen LogP contribution in [0.5, 0.6) is 0 Å². The van der Waals surface area contributed by atoms with E-state index in [1.807, 2.05) is 6.07 Å². The van der Waals surface area contributed by atoms with Crippen molar-refractivity contribution in [2.75, 3.05) is 39.3 Å². The van der Waals surface area contributed by atoms with E-state index >= 15 is 0 Å². The van der Waals surface area contributed by atoms with Crippen LogP contribution in [0.3, 0.4) is 0 Å². The van der Waals surface area contributed by atoms with Gasteiger partial charge in [0.05, 0.1) is 16.0 Å². The first-order valence-electron chi connectivity index (χ1n) is 6.59. The lowest BCUT2D eigenvalue weighted by Crippen LogP contribution is -2.46. The van der Waals surface area contributed by atoms with Crippen LogP contribution in [0.15, 0.2) is 22.7 Å². The molecule has 6 nitrogen and oxygen atoms in total. The Labute approximate surface area is 126 Å². The molecule has 0 aliphatic carbocycles. The summed E-state index contributed by atoms with van der Waals surface area (Å²) in [5.41, 5.74) is 1.05. The van der Waals surface area contributed by atoms with Crippen LogP contribution in [-0.2, 0) is 6.54 Å². The summed E-state index contributed by atoms with van der Waals surface area (Å²) in [5.74, 6) is 0. The van der Waals surface area contributed by atoms with Crippen LogP contribution >= 0.6 is 15.9 Å². The van der Waals surface area contributed by atoms with E-state index in [1.165, 1.54) is 6.07 Å². The van der Waals surface area contributed by atoms with Gasteiger partial charge in [-0.3, -0.25) is 19.9 Å². The summed E-state index contributed by atoms with van der Waals surface area (Å²) in [4.78, 5) is 15.0. The van der Waals surface area contributed by atoms with E-state index in [2.05, 4.69) is 25.7 Å². The summed E-state index contributed by atoms with van der Waals surface area (Å²) in [6.07, 6.45) is 0. The third-order valence-electron chi connectivity index (χ3n) is 3.53. The lowest BCUT2D eigenvalue weighted by Gasteiger charge is -2.34. The van der Waals surface area contributed by atoms with Gasteiger partial charge >= 0.3 is 0 Å². The molecule has 0 unspecified atom stereocenters. The Morgan fingerprint density at radius 3 is 2.50 bits per heavy atom. The number of hydrogen-bond acceptors (Lipinski definition) is 5. The first-order valence-corrected chi connectivity index (χ1v) is 7.38. The van der Waals surface area contributed by atoms with Crippen molar-refractivity contribution >= 4 is 21.6 Å². The van der Waals surface area contributed by atoms with Gasteiger partial charge in [0.2, 0.25) is 0 Å². The number of hydrogen-bond donors (Lipinski definition) is 1. The molecule has 0 bridgehead atoms. The number of nitro groups is 1. The quantitative estimate of drug-likeness (QED) is 0.647. The summed E-state index contributed by atoms with van der Waals surface area (Å²) in [5, 5.41) is 19.8. The Bertz CT molecular complexity index is 476. The van der Waals surface area contributed by atoms with Gasteiger partial charge in [-0.05, 0) is 21.5 Å². The van der Waals surface area contributed by atoms with Crippen molar-refractivity contribution in [2.24, 2.45) is 0 Å². The summed E-state index contributed by atoms with van der Waals surface area (Å²) < 4.78 is 0.572. The first-order chi connectivity index (χ1) is 9.61. The molecule has 0 radical (unpaired) electrons. The minimum absolute atomic E-state index is 0.112. The molecule has 1 aromatic rings. The number of nitro benzene ring substituents is 1. The molecule has 1 aromatic carbocycles. The van der Waals surface area contributed by atoms with Gasteiger partial charge in [0.25, 0.3) is 5.69 Å². The maximum absolute atomic E-state index is 10.9. The maximum atomic E-state index is 10.9. The minimum Gasteiger partial charge on any atom is -0.395 e. The third kappa shape index (κ3) is 3.76. The molecular formula is C13H18BrN3O3. The highest BCUT2D eigenvalue weighted by Crippen LogP contribution is 2.29. The zero-order valence-corrected chi connectivity index (χ0v) is 12.8. The highest BCUT2D eigenvalue weighted by atomic mass is 79.9. The van der Waals surface area contributed by atoms with E-state index in [-0.39, 0.29) is 17.2 Å². The number of benzene rings is 1. The Kier molecular flexibility index (Phi) is 5.47. The van der Waals surface area contributed by atoms with Crippen molar-refractivity contribution in [3.05, 3.63) is 38.3 Å². The van der Waals surface area contributed by atoms with E-state index < -0.39 is 0 Å². The minimum atomic E-state index is -0.368. The molecule has 7 heteroatoms. The van der Waals surface area contributed by atoms with Crippen LogP contribution in [0, 0.1) is 10.1 Å². The molecule has 1 aliphatic rings. The summed E-state index contributed by atoms with van der Waals surface area (Å²) in [6.45, 7) is 5.28. The van der Waals surface area contributed by atoms with Crippen molar-refractivity contribution in [2.45, 2.75) is 6.54 Å². The predicted octanol–water partition coefficient (Wildman–Crippen LogP) is 1.47. The molecular weight excluding hydrogens is 326 g/mol. The number of β-amino-alcohol motifs (C(OH)–C–C–N with tert-alkyl or cyclic N) is 1. The standard InChI is InChI=1S/C13H18BrN3O3/c14-13-11(2-1-3-12(13)17(19)20)10-16-6-4-15(5-7-16)8-9-18/h1-3,18H,4-10H2. The van der Waals surface area contributed by atoms with Crippen molar-refractivity contribution in [1.82, 2.24) is 9.80 Å². The molecule has 0 aromatic heterocycles. The lowest BCUT2D eigenvalue weighted by atomic mass is 10.1. The molecule has 1 heterocycles. The van der Waals surface area contributed by atoms with Crippen LogP contribution in [0.25, 0.3) is 0 Å². The van der Waals surface area contributed by atoms with Crippen molar-refractivity contribution < 1.29 is 10.0 Å². The largest absolute Gasteiger partial charge is 0.395 e. The molecule has 0 amide bonds. The fourth-order valence-electron chi connectivity index (χ4n) is 2.38. The lowest BCUT2D eigenvalue weighted by molar-refractivity contribution is -0.385. The smallest absolute Gasteiger partial charge is 0.283 e. The molecule has 0 spiro atoms. The fraction of sp³-hybridized carbons (Fsp3) is 0.538. The third-order valence-corrected chi connectivity index (χ3v) is 4.45. The average Bonchev–Trinajstić information content (AvgIpc) is 2.43. The number of halogens is 1. The highest BCUT2D eigenvalue weighted by molar-refractivity contribution is 9.10. The van der Waals surface area contributed by atoms with Gasteiger partial charge < -0.3 is 5.11 Å². The number of aliphatic hydroxyl groups is 1. The summed E-state index contributed by atoms with van der Waals surface area (Å²) in [7, 11) is 0. The van der Waals surface area contributed by atoms with Crippen molar-refractivity contribution in [1.29, 1.82) is 0 Å². The Morgan fingerprint density at radius 1 is 1.25 bits per heavy atom. The number of aliphatic hydroxyl groups excluding tert-OH is 1. The molecule has 1 N–H and O–H groups in total. The number of nitrogens with zero attached hydrogens (tertiary/aromatic N) is 3. The van der Waals surface area contributed by atoms with Crippen LogP contribution in [0.1, 0.15) is 5.56 Å². The Balaban J connectivity index is 1.98. The molecule has 0 saturated carbocycles. The van der Waals surface area contributed by atoms with Crippen molar-refractivity contribution in [3.8, 4) is 0 Å². The van der Waals surface area contributed by atoms with E-state index in [0.29, 0.717) is 17.6 Å². The number of rotatable bonds is 5. The second-order valence-electron chi connectivity index (χ2n) is 4.85. The van der Waals surface area contributed by atoms with Crippen molar-refractivity contribution in [3.63, 3.8) is 0 Å². The topological polar surface area (TPSA) is 69.9 Å². The van der Waals surface area contributed by atoms with Crippen LogP contribution in [0.4, 0.5) is 5.69 Å². The molecule has 0 atom stereocenters.